The van der Waals surface area contributed by atoms with Crippen LogP contribution in [-0.4, -0.2) is 27.2 Å². The second kappa shape index (κ2) is 5.95. The fourth-order valence-corrected chi connectivity index (χ4v) is 2.62. The standard InChI is InChI=1S/C15H26N4O/c1-10(2)13-18-12(16)11(3)14(19-13)17-9-15(20)7-5-4-6-8-15/h10,20H,4-9H2,1-3H3,(H3,16,17,18,19). The van der Waals surface area contributed by atoms with Gasteiger partial charge in [0.1, 0.15) is 17.5 Å². The van der Waals surface area contributed by atoms with Gasteiger partial charge in [-0.3, -0.25) is 0 Å². The van der Waals surface area contributed by atoms with E-state index in [1.165, 1.54) is 6.42 Å². The summed E-state index contributed by atoms with van der Waals surface area (Å²) in [6.45, 7) is 6.53. The second-order valence-corrected chi connectivity index (χ2v) is 6.23. The molecule has 0 bridgehead atoms. The van der Waals surface area contributed by atoms with Crippen LogP contribution in [0.15, 0.2) is 0 Å². The van der Waals surface area contributed by atoms with Crippen LogP contribution in [-0.2, 0) is 0 Å². The van der Waals surface area contributed by atoms with E-state index in [2.05, 4.69) is 15.3 Å². The van der Waals surface area contributed by atoms with Gasteiger partial charge in [-0.25, -0.2) is 9.97 Å². The van der Waals surface area contributed by atoms with Crippen molar-refractivity contribution in [1.82, 2.24) is 9.97 Å². The first-order chi connectivity index (χ1) is 9.41. The molecule has 0 amide bonds. The average Bonchev–Trinajstić information content (AvgIpc) is 2.41. The fraction of sp³-hybridized carbons (Fsp3) is 0.733. The summed E-state index contributed by atoms with van der Waals surface area (Å²) in [7, 11) is 0. The first-order valence-corrected chi connectivity index (χ1v) is 7.51. The zero-order valence-corrected chi connectivity index (χ0v) is 12.7. The van der Waals surface area contributed by atoms with Crippen LogP contribution < -0.4 is 11.1 Å². The molecule has 0 unspecified atom stereocenters. The van der Waals surface area contributed by atoms with Gasteiger partial charge in [-0.05, 0) is 19.8 Å². The lowest BCUT2D eigenvalue weighted by Gasteiger charge is -2.32. The molecule has 1 fully saturated rings. The predicted octanol–water partition coefficient (Wildman–Crippen LogP) is 2.60. The molecule has 1 aromatic rings. The lowest BCUT2D eigenvalue weighted by atomic mass is 9.85. The van der Waals surface area contributed by atoms with Crippen molar-refractivity contribution < 1.29 is 5.11 Å². The van der Waals surface area contributed by atoms with Gasteiger partial charge in [0.15, 0.2) is 0 Å². The van der Waals surface area contributed by atoms with E-state index < -0.39 is 5.60 Å². The largest absolute Gasteiger partial charge is 0.388 e. The molecule has 0 atom stereocenters. The van der Waals surface area contributed by atoms with Crippen molar-refractivity contribution in [2.45, 2.75) is 64.4 Å². The molecule has 2 rings (SSSR count). The molecule has 1 saturated carbocycles. The average molecular weight is 278 g/mol. The molecule has 0 saturated heterocycles. The molecule has 0 aliphatic heterocycles. The lowest BCUT2D eigenvalue weighted by Crippen LogP contribution is -2.39. The van der Waals surface area contributed by atoms with Gasteiger partial charge in [0.05, 0.1) is 5.60 Å². The summed E-state index contributed by atoms with van der Waals surface area (Å²) < 4.78 is 0. The molecule has 5 heteroatoms. The molecule has 0 radical (unpaired) electrons. The van der Waals surface area contributed by atoms with E-state index >= 15 is 0 Å². The van der Waals surface area contributed by atoms with Gasteiger partial charge in [0.2, 0.25) is 0 Å². The quantitative estimate of drug-likeness (QED) is 0.788. The first-order valence-electron chi connectivity index (χ1n) is 7.51. The van der Waals surface area contributed by atoms with Crippen molar-refractivity contribution in [1.29, 1.82) is 0 Å². The van der Waals surface area contributed by atoms with Gasteiger partial charge < -0.3 is 16.2 Å². The molecule has 5 nitrogen and oxygen atoms in total. The smallest absolute Gasteiger partial charge is 0.135 e. The topological polar surface area (TPSA) is 84.1 Å². The number of nitrogens with one attached hydrogen (secondary N) is 1. The maximum absolute atomic E-state index is 10.5. The van der Waals surface area contributed by atoms with Gasteiger partial charge in [0, 0.05) is 18.0 Å². The maximum atomic E-state index is 10.5. The third-order valence-corrected chi connectivity index (χ3v) is 4.09. The van der Waals surface area contributed by atoms with E-state index in [0.717, 1.165) is 42.9 Å². The highest BCUT2D eigenvalue weighted by molar-refractivity contribution is 5.55. The van der Waals surface area contributed by atoms with Crippen LogP contribution >= 0.6 is 0 Å². The zero-order valence-electron chi connectivity index (χ0n) is 12.7. The van der Waals surface area contributed by atoms with Crippen LogP contribution in [0, 0.1) is 6.92 Å². The van der Waals surface area contributed by atoms with E-state index in [4.69, 9.17) is 5.73 Å². The van der Waals surface area contributed by atoms with E-state index in [-0.39, 0.29) is 5.92 Å². The van der Waals surface area contributed by atoms with E-state index in [1.807, 2.05) is 20.8 Å². The molecule has 0 spiro atoms. The predicted molar refractivity (Wildman–Crippen MR) is 81.8 cm³/mol. The van der Waals surface area contributed by atoms with Crippen molar-refractivity contribution in [3.05, 3.63) is 11.4 Å². The summed E-state index contributed by atoms with van der Waals surface area (Å²) in [5.74, 6) is 2.24. The third-order valence-electron chi connectivity index (χ3n) is 4.09. The highest BCUT2D eigenvalue weighted by Gasteiger charge is 2.29. The molecule has 4 N–H and O–H groups in total. The summed E-state index contributed by atoms with van der Waals surface area (Å²) >= 11 is 0. The Morgan fingerprint density at radius 3 is 2.50 bits per heavy atom. The summed E-state index contributed by atoms with van der Waals surface area (Å²) in [5, 5.41) is 13.8. The van der Waals surface area contributed by atoms with Crippen LogP contribution in [0.1, 0.15) is 63.3 Å². The molecule has 0 aromatic carbocycles. The Morgan fingerprint density at radius 2 is 1.90 bits per heavy atom. The van der Waals surface area contributed by atoms with Crippen molar-refractivity contribution in [2.75, 3.05) is 17.6 Å². The minimum Gasteiger partial charge on any atom is -0.388 e. The monoisotopic (exact) mass is 278 g/mol. The molecule has 1 aliphatic carbocycles. The highest BCUT2D eigenvalue weighted by atomic mass is 16.3. The Morgan fingerprint density at radius 1 is 1.25 bits per heavy atom. The van der Waals surface area contributed by atoms with Crippen molar-refractivity contribution >= 4 is 11.6 Å². The van der Waals surface area contributed by atoms with Crippen molar-refractivity contribution in [2.24, 2.45) is 0 Å². The van der Waals surface area contributed by atoms with E-state index in [1.54, 1.807) is 0 Å². The summed E-state index contributed by atoms with van der Waals surface area (Å²) in [6, 6.07) is 0. The SMILES string of the molecule is Cc1c(N)nc(C(C)C)nc1NCC1(O)CCCCC1. The Kier molecular flexibility index (Phi) is 4.48. The maximum Gasteiger partial charge on any atom is 0.135 e. The Hall–Kier alpha value is -1.36. The highest BCUT2D eigenvalue weighted by Crippen LogP contribution is 2.29. The van der Waals surface area contributed by atoms with Crippen LogP contribution in [0.2, 0.25) is 0 Å². The van der Waals surface area contributed by atoms with Crippen molar-refractivity contribution in [3.8, 4) is 0 Å². The number of aromatic nitrogens is 2. The van der Waals surface area contributed by atoms with Crippen molar-refractivity contribution in [3.63, 3.8) is 0 Å². The zero-order chi connectivity index (χ0) is 14.8. The van der Waals surface area contributed by atoms with Gasteiger partial charge in [-0.2, -0.15) is 0 Å². The number of anilines is 2. The molecular formula is C15H26N4O. The summed E-state index contributed by atoms with van der Waals surface area (Å²) in [6.07, 6.45) is 5.13. The number of hydrogen-bond acceptors (Lipinski definition) is 5. The summed E-state index contributed by atoms with van der Waals surface area (Å²) in [4.78, 5) is 8.84. The van der Waals surface area contributed by atoms with E-state index in [9.17, 15) is 5.11 Å². The number of nitrogens with two attached hydrogens (primary N) is 1. The molecule has 1 aromatic heterocycles. The lowest BCUT2D eigenvalue weighted by molar-refractivity contribution is 0.0166. The Labute approximate surface area is 121 Å². The molecule has 20 heavy (non-hydrogen) atoms. The number of nitrogen functional groups attached to an aromatic ring is 1. The number of rotatable bonds is 4. The minimum absolute atomic E-state index is 0.233. The van der Waals surface area contributed by atoms with Gasteiger partial charge in [-0.1, -0.05) is 33.1 Å². The van der Waals surface area contributed by atoms with Gasteiger partial charge >= 0.3 is 0 Å². The number of aliphatic hydroxyl groups is 1. The van der Waals surface area contributed by atoms with E-state index in [0.29, 0.717) is 12.4 Å². The van der Waals surface area contributed by atoms with Gasteiger partial charge in [-0.15, -0.1) is 0 Å². The Bertz CT molecular complexity index is 467. The van der Waals surface area contributed by atoms with Crippen LogP contribution in [0.4, 0.5) is 11.6 Å². The normalized spacial score (nSPS) is 18.2. The molecular weight excluding hydrogens is 252 g/mol. The molecule has 112 valence electrons. The van der Waals surface area contributed by atoms with Gasteiger partial charge in [0.25, 0.3) is 0 Å². The van der Waals surface area contributed by atoms with Crippen LogP contribution in [0.3, 0.4) is 0 Å². The fourth-order valence-electron chi connectivity index (χ4n) is 2.62. The molecule has 1 aliphatic rings. The number of hydrogen-bond donors (Lipinski definition) is 3. The summed E-state index contributed by atoms with van der Waals surface area (Å²) in [5.41, 5.74) is 6.19. The third kappa shape index (κ3) is 3.39. The van der Waals surface area contributed by atoms with Crippen LogP contribution in [0.5, 0.6) is 0 Å². The minimum atomic E-state index is -0.609. The number of nitrogens with zero attached hydrogens (tertiary/aromatic N) is 2. The molecule has 1 heterocycles. The first kappa shape index (κ1) is 15.0. The van der Waals surface area contributed by atoms with Crippen LogP contribution in [0.25, 0.3) is 0 Å². The Balaban J connectivity index is 2.12. The second-order valence-electron chi connectivity index (χ2n) is 6.23.